The summed E-state index contributed by atoms with van der Waals surface area (Å²) in [6.07, 6.45) is 3.20. The lowest BCUT2D eigenvalue weighted by molar-refractivity contribution is 0.415. The zero-order valence-electron chi connectivity index (χ0n) is 11.9. The van der Waals surface area contributed by atoms with E-state index in [-0.39, 0.29) is 5.82 Å². The van der Waals surface area contributed by atoms with Crippen LogP contribution in [0.2, 0.25) is 0 Å². The number of nitrogen functional groups attached to an aromatic ring is 1. The number of nitrogens with one attached hydrogen (secondary N) is 1. The molecule has 0 amide bonds. The van der Waals surface area contributed by atoms with Crippen LogP contribution in [0.4, 0.5) is 5.82 Å². The molecule has 0 spiro atoms. The smallest absolute Gasteiger partial charge is 0.142 e. The number of anilines is 1. The predicted octanol–water partition coefficient (Wildman–Crippen LogP) is 2.60. The van der Waals surface area contributed by atoms with Crippen LogP contribution in [0.15, 0.2) is 42.9 Å². The number of rotatable bonds is 3. The lowest BCUT2D eigenvalue weighted by atomic mass is 10.0. The third kappa shape index (κ3) is 2.36. The van der Waals surface area contributed by atoms with Gasteiger partial charge in [-0.15, -0.1) is 0 Å². The fourth-order valence-corrected chi connectivity index (χ4v) is 2.21. The second-order valence-corrected chi connectivity index (χ2v) is 4.62. The van der Waals surface area contributed by atoms with Crippen LogP contribution in [-0.2, 0) is 0 Å². The SMILES string of the molecule is COc1ccc(-c2cc(-c3cnc[nH]3)c(C#N)c(N)n2)cc1. The number of hydrogen-bond donors (Lipinski definition) is 2. The fraction of sp³-hybridized carbons (Fsp3) is 0.0625. The van der Waals surface area contributed by atoms with Crippen LogP contribution < -0.4 is 10.5 Å². The van der Waals surface area contributed by atoms with Gasteiger partial charge in [0.15, 0.2) is 0 Å². The minimum Gasteiger partial charge on any atom is -0.497 e. The van der Waals surface area contributed by atoms with Gasteiger partial charge in [0, 0.05) is 11.1 Å². The Labute approximate surface area is 127 Å². The highest BCUT2D eigenvalue weighted by Crippen LogP contribution is 2.30. The van der Waals surface area contributed by atoms with Crippen molar-refractivity contribution < 1.29 is 4.74 Å². The van der Waals surface area contributed by atoms with Gasteiger partial charge >= 0.3 is 0 Å². The molecule has 6 heteroatoms. The van der Waals surface area contributed by atoms with E-state index in [0.29, 0.717) is 16.8 Å². The quantitative estimate of drug-likeness (QED) is 0.772. The zero-order chi connectivity index (χ0) is 15.5. The van der Waals surface area contributed by atoms with Crippen LogP contribution in [0.3, 0.4) is 0 Å². The Hall–Kier alpha value is -3.33. The van der Waals surface area contributed by atoms with Crippen LogP contribution in [-0.4, -0.2) is 22.1 Å². The molecule has 0 unspecified atom stereocenters. The molecule has 6 nitrogen and oxygen atoms in total. The molecule has 0 aliphatic rings. The van der Waals surface area contributed by atoms with Gasteiger partial charge in [-0.3, -0.25) is 0 Å². The first-order chi connectivity index (χ1) is 10.7. The third-order valence-corrected chi connectivity index (χ3v) is 3.33. The number of methoxy groups -OCH3 is 1. The largest absolute Gasteiger partial charge is 0.497 e. The maximum atomic E-state index is 9.31. The van der Waals surface area contributed by atoms with Gasteiger partial charge in [-0.1, -0.05) is 0 Å². The van der Waals surface area contributed by atoms with Gasteiger partial charge in [0.1, 0.15) is 23.2 Å². The molecule has 3 aromatic rings. The maximum Gasteiger partial charge on any atom is 0.142 e. The number of nitrogens with two attached hydrogens (primary N) is 1. The summed E-state index contributed by atoms with van der Waals surface area (Å²) in [5, 5.41) is 9.31. The summed E-state index contributed by atoms with van der Waals surface area (Å²) >= 11 is 0. The van der Waals surface area contributed by atoms with Crippen molar-refractivity contribution in [2.45, 2.75) is 0 Å². The number of H-pyrrole nitrogens is 1. The van der Waals surface area contributed by atoms with Crippen molar-refractivity contribution in [2.75, 3.05) is 12.8 Å². The second kappa shape index (κ2) is 5.58. The standard InChI is InChI=1S/C16H13N5O/c1-22-11-4-2-10(3-5-11)14-6-12(15-8-19-9-20-15)13(7-17)16(18)21-14/h2-6,8-9H,1H3,(H2,18,21)(H,19,20). The van der Waals surface area contributed by atoms with Crippen LogP contribution in [0.1, 0.15) is 5.56 Å². The third-order valence-electron chi connectivity index (χ3n) is 3.33. The number of nitriles is 1. The Bertz CT molecular complexity index is 832. The molecule has 3 rings (SSSR count). The molecule has 0 fully saturated rings. The molecule has 0 atom stereocenters. The van der Waals surface area contributed by atoms with E-state index in [1.54, 1.807) is 19.6 Å². The number of imidazole rings is 1. The van der Waals surface area contributed by atoms with Crippen LogP contribution >= 0.6 is 0 Å². The fourth-order valence-electron chi connectivity index (χ4n) is 2.21. The van der Waals surface area contributed by atoms with Gasteiger partial charge in [-0.2, -0.15) is 5.26 Å². The number of aromatic amines is 1. The summed E-state index contributed by atoms with van der Waals surface area (Å²) in [5.74, 6) is 0.958. The van der Waals surface area contributed by atoms with Crippen molar-refractivity contribution >= 4 is 5.82 Å². The minimum atomic E-state index is 0.195. The summed E-state index contributed by atoms with van der Waals surface area (Å²) in [7, 11) is 1.61. The Morgan fingerprint density at radius 2 is 2.05 bits per heavy atom. The van der Waals surface area contributed by atoms with Gasteiger partial charge in [0.25, 0.3) is 0 Å². The lowest BCUT2D eigenvalue weighted by Gasteiger charge is -2.09. The minimum absolute atomic E-state index is 0.195. The number of benzene rings is 1. The molecule has 3 N–H and O–H groups in total. The Kier molecular flexibility index (Phi) is 3.46. The first-order valence-electron chi connectivity index (χ1n) is 6.56. The zero-order valence-corrected chi connectivity index (χ0v) is 11.9. The number of ether oxygens (including phenoxy) is 1. The highest BCUT2D eigenvalue weighted by Gasteiger charge is 2.14. The molecule has 0 radical (unpaired) electrons. The molecule has 22 heavy (non-hydrogen) atoms. The average Bonchev–Trinajstić information content (AvgIpc) is 3.08. The van der Waals surface area contributed by atoms with E-state index in [9.17, 15) is 5.26 Å². The average molecular weight is 291 g/mol. The maximum absolute atomic E-state index is 9.31. The van der Waals surface area contributed by atoms with Gasteiger partial charge in [-0.25, -0.2) is 9.97 Å². The van der Waals surface area contributed by atoms with Crippen LogP contribution in [0, 0.1) is 11.3 Å². The molecule has 2 heterocycles. The number of nitrogens with zero attached hydrogens (tertiary/aromatic N) is 3. The van der Waals surface area contributed by atoms with E-state index in [1.807, 2.05) is 30.3 Å². The molecule has 0 aliphatic carbocycles. The molecule has 0 bridgehead atoms. The second-order valence-electron chi connectivity index (χ2n) is 4.62. The predicted molar refractivity (Wildman–Crippen MR) is 82.9 cm³/mol. The van der Waals surface area contributed by atoms with E-state index >= 15 is 0 Å². The van der Waals surface area contributed by atoms with Gasteiger partial charge in [-0.05, 0) is 30.3 Å². The highest BCUT2D eigenvalue weighted by molar-refractivity contribution is 5.78. The molecule has 0 aliphatic heterocycles. The van der Waals surface area contributed by atoms with Crippen molar-refractivity contribution in [3.8, 4) is 34.3 Å². The topological polar surface area (TPSA) is 101 Å². The van der Waals surface area contributed by atoms with Gasteiger partial charge in [0.2, 0.25) is 0 Å². The first kappa shape index (κ1) is 13.6. The van der Waals surface area contributed by atoms with Gasteiger partial charge in [0.05, 0.1) is 31.0 Å². The summed E-state index contributed by atoms with van der Waals surface area (Å²) < 4.78 is 5.15. The Morgan fingerprint density at radius 1 is 1.27 bits per heavy atom. The van der Waals surface area contributed by atoms with Crippen molar-refractivity contribution in [3.05, 3.63) is 48.4 Å². The Balaban J connectivity index is 2.15. The molecule has 1 aromatic carbocycles. The molecular formula is C16H13N5O. The van der Waals surface area contributed by atoms with E-state index in [4.69, 9.17) is 10.5 Å². The monoisotopic (exact) mass is 291 g/mol. The number of hydrogen-bond acceptors (Lipinski definition) is 5. The molecule has 0 saturated carbocycles. The van der Waals surface area contributed by atoms with Crippen molar-refractivity contribution in [1.29, 1.82) is 5.26 Å². The molecule has 2 aromatic heterocycles. The molecule has 0 saturated heterocycles. The Morgan fingerprint density at radius 3 is 2.64 bits per heavy atom. The van der Waals surface area contributed by atoms with Crippen molar-refractivity contribution in [2.24, 2.45) is 0 Å². The lowest BCUT2D eigenvalue weighted by Crippen LogP contribution is -2.00. The van der Waals surface area contributed by atoms with Crippen molar-refractivity contribution in [3.63, 3.8) is 0 Å². The van der Waals surface area contributed by atoms with Crippen LogP contribution in [0.5, 0.6) is 5.75 Å². The van der Waals surface area contributed by atoms with Crippen LogP contribution in [0.25, 0.3) is 22.5 Å². The first-order valence-corrected chi connectivity index (χ1v) is 6.56. The highest BCUT2D eigenvalue weighted by atomic mass is 16.5. The summed E-state index contributed by atoms with van der Waals surface area (Å²) in [5.41, 5.74) is 9.25. The van der Waals surface area contributed by atoms with Gasteiger partial charge < -0.3 is 15.5 Å². The number of aromatic nitrogens is 3. The van der Waals surface area contributed by atoms with E-state index < -0.39 is 0 Å². The van der Waals surface area contributed by atoms with E-state index in [0.717, 1.165) is 17.0 Å². The van der Waals surface area contributed by atoms with Crippen molar-refractivity contribution in [1.82, 2.24) is 15.0 Å². The normalized spacial score (nSPS) is 10.2. The summed E-state index contributed by atoms with van der Waals surface area (Å²) in [4.78, 5) is 11.3. The summed E-state index contributed by atoms with van der Waals surface area (Å²) in [6.45, 7) is 0. The number of pyridine rings is 1. The molecule has 108 valence electrons. The summed E-state index contributed by atoms with van der Waals surface area (Å²) in [6, 6.07) is 11.4. The molecular weight excluding hydrogens is 278 g/mol. The van der Waals surface area contributed by atoms with E-state index in [1.165, 1.54) is 0 Å². The van der Waals surface area contributed by atoms with E-state index in [2.05, 4.69) is 21.0 Å².